The number of nitrogens with one attached hydrogen (secondary N) is 3. The van der Waals surface area contributed by atoms with Crippen molar-refractivity contribution in [1.82, 2.24) is 16.1 Å². The van der Waals surface area contributed by atoms with Gasteiger partial charge in [-0.3, -0.25) is 4.79 Å². The third-order valence-corrected chi connectivity index (χ3v) is 7.58. The van der Waals surface area contributed by atoms with E-state index >= 15 is 0 Å². The fraction of sp³-hybridized carbons (Fsp3) is 0.243. The van der Waals surface area contributed by atoms with E-state index in [4.69, 9.17) is 23.7 Å². The molecule has 0 unspecified atom stereocenters. The summed E-state index contributed by atoms with van der Waals surface area (Å²) >= 11 is 0. The topological polar surface area (TPSA) is 146 Å². The van der Waals surface area contributed by atoms with Crippen LogP contribution in [0.3, 0.4) is 0 Å². The van der Waals surface area contributed by atoms with Gasteiger partial charge in [0.15, 0.2) is 29.6 Å². The number of methoxy groups -OCH3 is 1. The van der Waals surface area contributed by atoms with Crippen molar-refractivity contribution in [2.45, 2.75) is 33.4 Å². The van der Waals surface area contributed by atoms with E-state index in [0.717, 1.165) is 16.3 Å². The molecule has 5 rings (SSSR count). The molecule has 0 bridgehead atoms. The van der Waals surface area contributed by atoms with Crippen molar-refractivity contribution in [2.75, 3.05) is 26.9 Å². The lowest BCUT2D eigenvalue weighted by molar-refractivity contribution is -0.139. The van der Waals surface area contributed by atoms with Crippen LogP contribution in [-0.2, 0) is 20.9 Å². The Kier molecular flexibility index (Phi) is 11.3. The minimum atomic E-state index is -0.776. The van der Waals surface area contributed by atoms with Crippen LogP contribution in [0, 0.1) is 0 Å². The second-order valence-electron chi connectivity index (χ2n) is 10.8. The van der Waals surface area contributed by atoms with E-state index in [-0.39, 0.29) is 24.5 Å². The highest BCUT2D eigenvalue weighted by Crippen LogP contribution is 2.35. The predicted octanol–water partition coefficient (Wildman–Crippen LogP) is 5.55. The van der Waals surface area contributed by atoms with Crippen LogP contribution in [0.2, 0.25) is 0 Å². The fourth-order valence-electron chi connectivity index (χ4n) is 5.33. The average Bonchev–Trinajstić information content (AvgIpc) is 3.10. The number of esters is 1. The molecular formula is C37H38N4O8. The molecule has 0 saturated heterocycles. The van der Waals surface area contributed by atoms with Crippen molar-refractivity contribution < 1.29 is 38.1 Å². The van der Waals surface area contributed by atoms with Crippen LogP contribution in [0.1, 0.15) is 43.5 Å². The minimum Gasteiger partial charge on any atom is -0.493 e. The van der Waals surface area contributed by atoms with Gasteiger partial charge in [0.1, 0.15) is 6.61 Å². The highest BCUT2D eigenvalue weighted by Gasteiger charge is 2.32. The maximum absolute atomic E-state index is 12.7. The number of hydrogen-bond donors (Lipinski definition) is 3. The van der Waals surface area contributed by atoms with E-state index in [1.54, 1.807) is 44.2 Å². The summed E-state index contributed by atoms with van der Waals surface area (Å²) in [6.07, 6.45) is 1.49. The lowest BCUT2D eigenvalue weighted by atomic mass is 9.95. The van der Waals surface area contributed by atoms with E-state index < -0.39 is 23.9 Å². The number of nitrogens with zero attached hydrogens (tertiary/aromatic N) is 1. The SMILES string of the molecule is CCOC(=O)C1=C(C)NC(=O)N[C@@H]1c1ccc(OCC(=O)N/N=C\c2ccc(OCc3cccc4ccccc34)c(OCC)c2)c(OC)c1. The Morgan fingerprint density at radius 3 is 2.45 bits per heavy atom. The first-order chi connectivity index (χ1) is 23.8. The van der Waals surface area contributed by atoms with Crippen LogP contribution in [0.25, 0.3) is 10.8 Å². The second-order valence-corrected chi connectivity index (χ2v) is 10.8. The van der Waals surface area contributed by atoms with Crippen molar-refractivity contribution in [3.8, 4) is 23.0 Å². The summed E-state index contributed by atoms with van der Waals surface area (Å²) in [5.74, 6) is 0.676. The third kappa shape index (κ3) is 8.47. The maximum Gasteiger partial charge on any atom is 0.338 e. The molecule has 0 saturated carbocycles. The molecule has 1 atom stereocenters. The normalized spacial score (nSPS) is 14.2. The number of allylic oxidation sites excluding steroid dienone is 1. The molecule has 0 aromatic heterocycles. The number of carbonyl (C=O) groups is 3. The summed E-state index contributed by atoms with van der Waals surface area (Å²) in [5, 5.41) is 11.7. The average molecular weight is 667 g/mol. The summed E-state index contributed by atoms with van der Waals surface area (Å²) in [4.78, 5) is 37.4. The highest BCUT2D eigenvalue weighted by molar-refractivity contribution is 5.95. The molecule has 0 radical (unpaired) electrons. The first kappa shape index (κ1) is 34.3. The predicted molar refractivity (Wildman–Crippen MR) is 184 cm³/mol. The number of hydrogen-bond acceptors (Lipinski definition) is 9. The van der Waals surface area contributed by atoms with Gasteiger partial charge in [0, 0.05) is 5.70 Å². The van der Waals surface area contributed by atoms with E-state index in [2.05, 4.69) is 39.4 Å². The molecule has 1 aliphatic rings. The van der Waals surface area contributed by atoms with Crippen molar-refractivity contribution >= 4 is 34.9 Å². The Morgan fingerprint density at radius 1 is 0.878 bits per heavy atom. The quantitative estimate of drug-likeness (QED) is 0.0903. The summed E-state index contributed by atoms with van der Waals surface area (Å²) in [6.45, 7) is 5.87. The molecule has 4 aromatic carbocycles. The van der Waals surface area contributed by atoms with Crippen LogP contribution in [0.4, 0.5) is 4.79 Å². The molecule has 3 N–H and O–H groups in total. The summed E-state index contributed by atoms with van der Waals surface area (Å²) < 4.78 is 28.3. The van der Waals surface area contributed by atoms with Crippen LogP contribution >= 0.6 is 0 Å². The maximum atomic E-state index is 12.7. The first-order valence-corrected chi connectivity index (χ1v) is 15.8. The second kappa shape index (κ2) is 16.2. The van der Waals surface area contributed by atoms with E-state index in [1.807, 2.05) is 37.3 Å². The van der Waals surface area contributed by atoms with Gasteiger partial charge in [-0.1, -0.05) is 48.5 Å². The van der Waals surface area contributed by atoms with Gasteiger partial charge in [0.05, 0.1) is 38.2 Å². The molecule has 254 valence electrons. The molecule has 0 spiro atoms. The molecule has 49 heavy (non-hydrogen) atoms. The number of ether oxygens (including phenoxy) is 5. The van der Waals surface area contributed by atoms with Crippen molar-refractivity contribution in [2.24, 2.45) is 5.10 Å². The molecular weight excluding hydrogens is 628 g/mol. The Balaban J connectivity index is 1.19. The zero-order valence-corrected chi connectivity index (χ0v) is 27.7. The molecule has 12 nitrogen and oxygen atoms in total. The van der Waals surface area contributed by atoms with E-state index in [9.17, 15) is 14.4 Å². The molecule has 12 heteroatoms. The number of hydrazone groups is 1. The summed E-state index contributed by atoms with van der Waals surface area (Å²) in [6, 6.07) is 23.3. The van der Waals surface area contributed by atoms with Crippen LogP contribution < -0.4 is 35.0 Å². The third-order valence-electron chi connectivity index (χ3n) is 7.58. The first-order valence-electron chi connectivity index (χ1n) is 15.8. The smallest absolute Gasteiger partial charge is 0.338 e. The van der Waals surface area contributed by atoms with Gasteiger partial charge in [-0.15, -0.1) is 0 Å². The zero-order valence-electron chi connectivity index (χ0n) is 27.7. The van der Waals surface area contributed by atoms with Gasteiger partial charge in [0.2, 0.25) is 0 Å². The van der Waals surface area contributed by atoms with Crippen molar-refractivity contribution in [1.29, 1.82) is 0 Å². The highest BCUT2D eigenvalue weighted by atomic mass is 16.5. The standard InChI is InChI=1S/C37H38N4O8/c1-5-46-32-18-24(14-16-30(32)48-21-27-12-9-11-25-10-7-8-13-28(25)27)20-38-41-33(42)22-49-29-17-15-26(19-31(29)45-4)35-34(36(43)47-6-2)23(3)39-37(44)40-35/h7-20,35H,5-6,21-22H2,1-4H3,(H,41,42)(H2,39,40,44)/b38-20-/t35-/m1/s1. The van der Waals surface area contributed by atoms with Gasteiger partial charge in [-0.25, -0.2) is 15.0 Å². The zero-order chi connectivity index (χ0) is 34.8. The van der Waals surface area contributed by atoms with Crippen LogP contribution in [0.5, 0.6) is 23.0 Å². The summed E-state index contributed by atoms with van der Waals surface area (Å²) in [7, 11) is 1.45. The minimum absolute atomic E-state index is 0.182. The lowest BCUT2D eigenvalue weighted by Crippen LogP contribution is -2.45. The monoisotopic (exact) mass is 666 g/mol. The number of rotatable bonds is 14. The summed E-state index contributed by atoms with van der Waals surface area (Å²) in [5.41, 5.74) is 5.43. The van der Waals surface area contributed by atoms with Gasteiger partial charge in [-0.2, -0.15) is 5.10 Å². The Morgan fingerprint density at radius 2 is 1.65 bits per heavy atom. The van der Waals surface area contributed by atoms with Crippen molar-refractivity contribution in [3.63, 3.8) is 0 Å². The number of carbonyl (C=O) groups excluding carboxylic acids is 3. The molecule has 1 heterocycles. The van der Waals surface area contributed by atoms with Crippen LogP contribution in [-0.4, -0.2) is 51.1 Å². The molecule has 0 aliphatic carbocycles. The number of amides is 3. The van der Waals surface area contributed by atoms with Gasteiger partial charge in [-0.05, 0) is 78.6 Å². The molecule has 1 aliphatic heterocycles. The molecule has 0 fully saturated rings. The molecule has 4 aromatic rings. The number of fused-ring (bicyclic) bond motifs is 1. The van der Waals surface area contributed by atoms with Gasteiger partial charge >= 0.3 is 12.0 Å². The number of urea groups is 1. The van der Waals surface area contributed by atoms with Gasteiger partial charge in [0.25, 0.3) is 5.91 Å². The van der Waals surface area contributed by atoms with E-state index in [0.29, 0.717) is 47.3 Å². The van der Waals surface area contributed by atoms with Crippen LogP contribution in [0.15, 0.2) is 95.2 Å². The molecule has 3 amide bonds. The number of benzene rings is 4. The van der Waals surface area contributed by atoms with Crippen molar-refractivity contribution in [3.05, 3.63) is 107 Å². The van der Waals surface area contributed by atoms with Gasteiger partial charge < -0.3 is 34.3 Å². The largest absolute Gasteiger partial charge is 0.493 e. The Bertz CT molecular complexity index is 1900. The fourth-order valence-corrected chi connectivity index (χ4v) is 5.33. The Labute approximate surface area is 284 Å². The Hall–Kier alpha value is -6.04. The van der Waals surface area contributed by atoms with E-state index in [1.165, 1.54) is 13.3 Å². The lowest BCUT2D eigenvalue weighted by Gasteiger charge is -2.28.